The van der Waals surface area contributed by atoms with Gasteiger partial charge in [0, 0.05) is 19.6 Å². The van der Waals surface area contributed by atoms with E-state index in [9.17, 15) is 0 Å². The molecule has 0 bridgehead atoms. The van der Waals surface area contributed by atoms with Gasteiger partial charge < -0.3 is 10.6 Å². The van der Waals surface area contributed by atoms with E-state index in [0.29, 0.717) is 6.04 Å². The highest BCUT2D eigenvalue weighted by Gasteiger charge is 2.33. The van der Waals surface area contributed by atoms with Gasteiger partial charge in [-0.25, -0.2) is 0 Å². The minimum Gasteiger partial charge on any atom is -0.353 e. The SMILES string of the molecule is CN=C(NCc1ccsc1)NC1CC1C. The number of nitrogens with one attached hydrogen (secondary N) is 2. The number of guanidine groups is 1. The van der Waals surface area contributed by atoms with Gasteiger partial charge in [-0.1, -0.05) is 6.92 Å². The Labute approximate surface area is 94.6 Å². The lowest BCUT2D eigenvalue weighted by atomic mass is 10.3. The molecule has 4 heteroatoms. The summed E-state index contributed by atoms with van der Waals surface area (Å²) in [5, 5.41) is 11.0. The summed E-state index contributed by atoms with van der Waals surface area (Å²) in [6.45, 7) is 3.11. The molecule has 1 aliphatic carbocycles. The van der Waals surface area contributed by atoms with Gasteiger partial charge in [-0.05, 0) is 34.7 Å². The zero-order chi connectivity index (χ0) is 10.7. The molecule has 1 aliphatic rings. The number of hydrogen-bond donors (Lipinski definition) is 2. The third-order valence-corrected chi connectivity index (χ3v) is 3.43. The third-order valence-electron chi connectivity index (χ3n) is 2.70. The fourth-order valence-electron chi connectivity index (χ4n) is 1.47. The normalized spacial score (nSPS) is 25.1. The number of aliphatic imine (C=N–C) groups is 1. The van der Waals surface area contributed by atoms with E-state index in [1.165, 1.54) is 12.0 Å². The first kappa shape index (κ1) is 10.5. The van der Waals surface area contributed by atoms with Crippen LogP contribution in [0.2, 0.25) is 0 Å². The van der Waals surface area contributed by atoms with Crippen molar-refractivity contribution in [2.45, 2.75) is 25.9 Å². The summed E-state index contributed by atoms with van der Waals surface area (Å²) in [6.07, 6.45) is 1.26. The van der Waals surface area contributed by atoms with Crippen molar-refractivity contribution in [3.8, 4) is 0 Å². The molecule has 82 valence electrons. The smallest absolute Gasteiger partial charge is 0.191 e. The van der Waals surface area contributed by atoms with Gasteiger partial charge in [0.25, 0.3) is 0 Å². The lowest BCUT2D eigenvalue weighted by molar-refractivity contribution is 0.764. The molecule has 2 atom stereocenters. The Balaban J connectivity index is 1.76. The fraction of sp³-hybridized carbons (Fsp3) is 0.545. The molecular weight excluding hydrogens is 206 g/mol. The van der Waals surface area contributed by atoms with Crippen LogP contribution in [0.3, 0.4) is 0 Å². The predicted octanol–water partition coefficient (Wildman–Crippen LogP) is 1.82. The zero-order valence-electron chi connectivity index (χ0n) is 9.16. The molecule has 1 aromatic rings. The molecule has 1 saturated carbocycles. The Morgan fingerprint density at radius 2 is 2.47 bits per heavy atom. The second-order valence-corrected chi connectivity index (χ2v) is 4.80. The molecule has 2 N–H and O–H groups in total. The Morgan fingerprint density at radius 1 is 1.67 bits per heavy atom. The number of hydrogen-bond acceptors (Lipinski definition) is 2. The molecule has 15 heavy (non-hydrogen) atoms. The highest BCUT2D eigenvalue weighted by molar-refractivity contribution is 7.07. The van der Waals surface area contributed by atoms with Gasteiger partial charge in [-0.2, -0.15) is 11.3 Å². The first-order valence-corrected chi connectivity index (χ1v) is 6.22. The van der Waals surface area contributed by atoms with E-state index in [0.717, 1.165) is 18.4 Å². The summed E-state index contributed by atoms with van der Waals surface area (Å²) in [4.78, 5) is 4.20. The summed E-state index contributed by atoms with van der Waals surface area (Å²) < 4.78 is 0. The second-order valence-electron chi connectivity index (χ2n) is 4.02. The van der Waals surface area contributed by atoms with Crippen LogP contribution in [0.5, 0.6) is 0 Å². The van der Waals surface area contributed by atoms with Crippen molar-refractivity contribution in [1.82, 2.24) is 10.6 Å². The maximum absolute atomic E-state index is 4.20. The van der Waals surface area contributed by atoms with Crippen LogP contribution in [-0.4, -0.2) is 19.0 Å². The second kappa shape index (κ2) is 4.66. The lowest BCUT2D eigenvalue weighted by Crippen LogP contribution is -2.38. The first-order chi connectivity index (χ1) is 7.29. The van der Waals surface area contributed by atoms with E-state index >= 15 is 0 Å². The van der Waals surface area contributed by atoms with E-state index in [4.69, 9.17) is 0 Å². The molecule has 0 amide bonds. The van der Waals surface area contributed by atoms with E-state index in [-0.39, 0.29) is 0 Å². The number of rotatable bonds is 3. The Morgan fingerprint density at radius 3 is 3.00 bits per heavy atom. The minimum atomic E-state index is 0.624. The van der Waals surface area contributed by atoms with Gasteiger partial charge in [-0.15, -0.1) is 0 Å². The number of nitrogens with zero attached hydrogens (tertiary/aromatic N) is 1. The molecule has 0 saturated heterocycles. The van der Waals surface area contributed by atoms with Crippen molar-refractivity contribution < 1.29 is 0 Å². The van der Waals surface area contributed by atoms with Gasteiger partial charge in [-0.3, -0.25) is 4.99 Å². The monoisotopic (exact) mass is 223 g/mol. The quantitative estimate of drug-likeness (QED) is 0.606. The average molecular weight is 223 g/mol. The van der Waals surface area contributed by atoms with Crippen LogP contribution in [0.25, 0.3) is 0 Å². The van der Waals surface area contributed by atoms with Crippen molar-refractivity contribution in [3.63, 3.8) is 0 Å². The summed E-state index contributed by atoms with van der Waals surface area (Å²) >= 11 is 1.73. The summed E-state index contributed by atoms with van der Waals surface area (Å²) in [5.41, 5.74) is 1.31. The summed E-state index contributed by atoms with van der Waals surface area (Å²) in [7, 11) is 1.82. The highest BCUT2D eigenvalue weighted by atomic mass is 32.1. The standard InChI is InChI=1S/C11H17N3S/c1-8-5-10(8)14-11(12-2)13-6-9-3-4-15-7-9/h3-4,7-8,10H,5-6H2,1-2H3,(H2,12,13,14). The molecule has 1 aromatic heterocycles. The van der Waals surface area contributed by atoms with Gasteiger partial charge >= 0.3 is 0 Å². The van der Waals surface area contributed by atoms with Crippen LogP contribution >= 0.6 is 11.3 Å². The highest BCUT2D eigenvalue weighted by Crippen LogP contribution is 2.28. The molecule has 1 fully saturated rings. The van der Waals surface area contributed by atoms with Gasteiger partial charge in [0.2, 0.25) is 0 Å². The van der Waals surface area contributed by atoms with Crippen LogP contribution < -0.4 is 10.6 Å². The van der Waals surface area contributed by atoms with Gasteiger partial charge in [0.15, 0.2) is 5.96 Å². The molecule has 1 heterocycles. The molecule has 0 radical (unpaired) electrons. The van der Waals surface area contributed by atoms with Crippen molar-refractivity contribution >= 4 is 17.3 Å². The van der Waals surface area contributed by atoms with Crippen LogP contribution in [-0.2, 0) is 6.54 Å². The molecule has 2 rings (SSSR count). The molecular formula is C11H17N3S. The first-order valence-electron chi connectivity index (χ1n) is 5.28. The van der Waals surface area contributed by atoms with Crippen LogP contribution in [0.15, 0.2) is 21.8 Å². The fourth-order valence-corrected chi connectivity index (χ4v) is 2.14. The van der Waals surface area contributed by atoms with Crippen LogP contribution in [0, 0.1) is 5.92 Å². The summed E-state index contributed by atoms with van der Waals surface area (Å²) in [5.74, 6) is 1.71. The minimum absolute atomic E-state index is 0.624. The topological polar surface area (TPSA) is 36.4 Å². The predicted molar refractivity (Wildman–Crippen MR) is 65.2 cm³/mol. The molecule has 0 aliphatic heterocycles. The average Bonchev–Trinajstić information content (AvgIpc) is 2.74. The van der Waals surface area contributed by atoms with Crippen molar-refractivity contribution in [2.75, 3.05) is 7.05 Å². The number of thiophene rings is 1. The van der Waals surface area contributed by atoms with E-state index in [1.54, 1.807) is 11.3 Å². The Hall–Kier alpha value is -1.03. The molecule has 0 aromatic carbocycles. The maximum atomic E-state index is 4.20. The third kappa shape index (κ3) is 2.96. The molecule has 0 spiro atoms. The van der Waals surface area contributed by atoms with Crippen LogP contribution in [0.1, 0.15) is 18.9 Å². The Bertz CT molecular complexity index is 332. The maximum Gasteiger partial charge on any atom is 0.191 e. The van der Waals surface area contributed by atoms with Crippen molar-refractivity contribution in [2.24, 2.45) is 10.9 Å². The van der Waals surface area contributed by atoms with Crippen molar-refractivity contribution in [1.29, 1.82) is 0 Å². The lowest BCUT2D eigenvalue weighted by Gasteiger charge is -2.10. The van der Waals surface area contributed by atoms with E-state index in [1.807, 2.05) is 7.05 Å². The van der Waals surface area contributed by atoms with Gasteiger partial charge in [0.05, 0.1) is 0 Å². The van der Waals surface area contributed by atoms with E-state index < -0.39 is 0 Å². The Kier molecular flexibility index (Phi) is 3.26. The van der Waals surface area contributed by atoms with Gasteiger partial charge in [0.1, 0.15) is 0 Å². The molecule has 3 nitrogen and oxygen atoms in total. The van der Waals surface area contributed by atoms with Crippen molar-refractivity contribution in [3.05, 3.63) is 22.4 Å². The van der Waals surface area contributed by atoms with E-state index in [2.05, 4.69) is 39.4 Å². The molecule has 2 unspecified atom stereocenters. The largest absolute Gasteiger partial charge is 0.353 e. The summed E-state index contributed by atoms with van der Waals surface area (Å²) in [6, 6.07) is 2.75. The van der Waals surface area contributed by atoms with Crippen LogP contribution in [0.4, 0.5) is 0 Å². The zero-order valence-corrected chi connectivity index (χ0v) is 9.97.